The topological polar surface area (TPSA) is 32.5 Å². The molecular formula is C15H23N3S. The largest absolute Gasteiger partial charge is 0.320 e. The maximum atomic E-state index is 5.44. The van der Waals surface area contributed by atoms with Gasteiger partial charge in [-0.3, -0.25) is 4.90 Å². The quantitative estimate of drug-likeness (QED) is 0.852. The van der Waals surface area contributed by atoms with Crippen LogP contribution in [-0.4, -0.2) is 49.1 Å². The van der Waals surface area contributed by atoms with Crippen LogP contribution in [0.5, 0.6) is 0 Å². The zero-order valence-corrected chi connectivity index (χ0v) is 12.7. The van der Waals surface area contributed by atoms with Gasteiger partial charge in [-0.15, -0.1) is 11.3 Å². The van der Waals surface area contributed by atoms with Crippen LogP contribution in [0, 0.1) is 11.8 Å². The summed E-state index contributed by atoms with van der Waals surface area (Å²) in [6.45, 7) is 7.20. The number of rotatable bonds is 3. The molecule has 3 nitrogen and oxygen atoms in total. The summed E-state index contributed by atoms with van der Waals surface area (Å²) in [7, 11) is 2.23. The van der Waals surface area contributed by atoms with Gasteiger partial charge in [0.05, 0.1) is 6.54 Å². The van der Waals surface area contributed by atoms with Gasteiger partial charge in [0.15, 0.2) is 0 Å². The Hall–Kier alpha value is -0.860. The molecular weight excluding hydrogens is 254 g/mol. The van der Waals surface area contributed by atoms with Gasteiger partial charge in [0.1, 0.15) is 0 Å². The first-order valence-electron chi connectivity index (χ1n) is 6.92. The minimum Gasteiger partial charge on any atom is -0.320 e. The van der Waals surface area contributed by atoms with E-state index in [1.54, 1.807) is 11.3 Å². The number of nitrogens with zero attached hydrogens (tertiary/aromatic N) is 2. The van der Waals surface area contributed by atoms with Crippen molar-refractivity contribution in [1.29, 1.82) is 0 Å². The predicted octanol–water partition coefficient (Wildman–Crippen LogP) is 1.58. The highest BCUT2D eigenvalue weighted by molar-refractivity contribution is 7.10. The fourth-order valence-electron chi connectivity index (χ4n) is 2.52. The third-order valence-corrected chi connectivity index (χ3v) is 4.68. The number of hydrogen-bond acceptors (Lipinski definition) is 4. The van der Waals surface area contributed by atoms with E-state index in [2.05, 4.69) is 47.1 Å². The van der Waals surface area contributed by atoms with Crippen molar-refractivity contribution < 1.29 is 0 Å². The van der Waals surface area contributed by atoms with Crippen LogP contribution in [0.1, 0.15) is 23.8 Å². The summed E-state index contributed by atoms with van der Waals surface area (Å²) in [5, 5.41) is 2.13. The fraction of sp³-hybridized carbons (Fsp3) is 0.600. The highest BCUT2D eigenvalue weighted by Crippen LogP contribution is 2.20. The Bertz CT molecular complexity index is 457. The summed E-state index contributed by atoms with van der Waals surface area (Å²) < 4.78 is 0. The minimum absolute atomic E-state index is 0.432. The van der Waals surface area contributed by atoms with Crippen LogP contribution in [0.4, 0.5) is 0 Å². The average Bonchev–Trinajstić information content (AvgIpc) is 2.86. The second-order valence-corrected chi connectivity index (χ2v) is 6.04. The molecule has 19 heavy (non-hydrogen) atoms. The van der Waals surface area contributed by atoms with Crippen molar-refractivity contribution in [2.45, 2.75) is 25.9 Å². The van der Waals surface area contributed by atoms with Crippen molar-refractivity contribution in [3.8, 4) is 11.8 Å². The van der Waals surface area contributed by atoms with Gasteiger partial charge in [-0.2, -0.15) is 0 Å². The fourth-order valence-corrected chi connectivity index (χ4v) is 3.39. The molecule has 2 rings (SSSR count). The zero-order valence-electron chi connectivity index (χ0n) is 11.9. The van der Waals surface area contributed by atoms with Crippen molar-refractivity contribution in [2.75, 3.05) is 33.2 Å². The van der Waals surface area contributed by atoms with Crippen molar-refractivity contribution in [2.24, 2.45) is 5.73 Å². The van der Waals surface area contributed by atoms with E-state index in [0.717, 1.165) is 31.7 Å². The van der Waals surface area contributed by atoms with Crippen LogP contribution in [0.15, 0.2) is 11.4 Å². The molecule has 104 valence electrons. The van der Waals surface area contributed by atoms with Crippen molar-refractivity contribution in [3.63, 3.8) is 0 Å². The Morgan fingerprint density at radius 1 is 1.47 bits per heavy atom. The van der Waals surface area contributed by atoms with Gasteiger partial charge in [0, 0.05) is 42.7 Å². The Labute approximate surface area is 120 Å². The second-order valence-electron chi connectivity index (χ2n) is 5.04. The lowest BCUT2D eigenvalue weighted by molar-refractivity contribution is 0.0890. The van der Waals surface area contributed by atoms with Gasteiger partial charge in [-0.25, -0.2) is 0 Å². The van der Waals surface area contributed by atoms with Gasteiger partial charge in [0.25, 0.3) is 0 Å². The molecule has 1 aliphatic rings. The highest BCUT2D eigenvalue weighted by atomic mass is 32.1. The summed E-state index contributed by atoms with van der Waals surface area (Å²) in [4.78, 5) is 6.40. The Morgan fingerprint density at radius 3 is 3.05 bits per heavy atom. The first-order valence-corrected chi connectivity index (χ1v) is 7.80. The molecule has 0 aliphatic carbocycles. The molecule has 1 fully saturated rings. The van der Waals surface area contributed by atoms with Crippen LogP contribution < -0.4 is 5.73 Å². The molecule has 2 heterocycles. The van der Waals surface area contributed by atoms with Crippen LogP contribution >= 0.6 is 11.3 Å². The molecule has 0 aromatic carbocycles. The van der Waals surface area contributed by atoms with E-state index < -0.39 is 0 Å². The van der Waals surface area contributed by atoms with E-state index in [0.29, 0.717) is 12.6 Å². The SMILES string of the molecule is CCC1CN(Cc2sccc2C#CCN)CCN1C. The number of piperazine rings is 1. The van der Waals surface area contributed by atoms with Crippen molar-refractivity contribution >= 4 is 11.3 Å². The van der Waals surface area contributed by atoms with Crippen molar-refractivity contribution in [1.82, 2.24) is 9.80 Å². The van der Waals surface area contributed by atoms with Crippen LogP contribution in [0.3, 0.4) is 0 Å². The molecule has 1 saturated heterocycles. The molecule has 1 aromatic rings. The molecule has 0 bridgehead atoms. The zero-order chi connectivity index (χ0) is 13.7. The van der Waals surface area contributed by atoms with Crippen LogP contribution in [0.25, 0.3) is 0 Å². The number of hydrogen-bond donors (Lipinski definition) is 1. The first-order chi connectivity index (χ1) is 9.24. The van der Waals surface area contributed by atoms with Gasteiger partial charge in [-0.05, 0) is 24.9 Å². The molecule has 1 unspecified atom stereocenters. The van der Waals surface area contributed by atoms with Crippen LogP contribution in [0.2, 0.25) is 0 Å². The smallest absolute Gasteiger partial charge is 0.0555 e. The maximum Gasteiger partial charge on any atom is 0.0555 e. The van der Waals surface area contributed by atoms with E-state index in [-0.39, 0.29) is 0 Å². The molecule has 1 aromatic heterocycles. The summed E-state index contributed by atoms with van der Waals surface area (Å²) >= 11 is 1.80. The lowest BCUT2D eigenvalue weighted by atomic mass is 10.1. The highest BCUT2D eigenvalue weighted by Gasteiger charge is 2.23. The third kappa shape index (κ3) is 3.80. The van der Waals surface area contributed by atoms with Crippen molar-refractivity contribution in [3.05, 3.63) is 21.9 Å². The van der Waals surface area contributed by atoms with Gasteiger partial charge in [-0.1, -0.05) is 18.8 Å². The van der Waals surface area contributed by atoms with E-state index >= 15 is 0 Å². The molecule has 4 heteroatoms. The molecule has 1 atom stereocenters. The second kappa shape index (κ2) is 7.06. The summed E-state index contributed by atoms with van der Waals surface area (Å²) in [5.41, 5.74) is 6.60. The number of likely N-dealkylation sites (N-methyl/N-ethyl adjacent to an activating group) is 1. The Balaban J connectivity index is 1.99. The van der Waals surface area contributed by atoms with E-state index in [1.807, 2.05) is 0 Å². The molecule has 0 radical (unpaired) electrons. The number of thiophene rings is 1. The molecule has 0 saturated carbocycles. The van der Waals surface area contributed by atoms with E-state index in [9.17, 15) is 0 Å². The lowest BCUT2D eigenvalue weighted by Crippen LogP contribution is -2.50. The summed E-state index contributed by atoms with van der Waals surface area (Å²) in [6.07, 6.45) is 1.22. The van der Waals surface area contributed by atoms with E-state index in [4.69, 9.17) is 5.73 Å². The monoisotopic (exact) mass is 277 g/mol. The first kappa shape index (κ1) is 14.5. The normalized spacial score (nSPS) is 21.1. The van der Waals surface area contributed by atoms with Crippen LogP contribution in [-0.2, 0) is 6.54 Å². The third-order valence-electron chi connectivity index (χ3n) is 3.77. The maximum absolute atomic E-state index is 5.44. The predicted molar refractivity (Wildman–Crippen MR) is 82.2 cm³/mol. The molecule has 1 aliphatic heterocycles. The summed E-state index contributed by atoms with van der Waals surface area (Å²) in [6, 6.07) is 2.79. The minimum atomic E-state index is 0.432. The van der Waals surface area contributed by atoms with Gasteiger partial charge in [0.2, 0.25) is 0 Å². The molecule has 0 amide bonds. The van der Waals surface area contributed by atoms with Gasteiger partial charge < -0.3 is 10.6 Å². The summed E-state index contributed by atoms with van der Waals surface area (Å²) in [5.74, 6) is 6.13. The molecule has 2 N–H and O–H groups in total. The van der Waals surface area contributed by atoms with E-state index in [1.165, 1.54) is 11.3 Å². The average molecular weight is 277 g/mol. The lowest BCUT2D eigenvalue weighted by Gasteiger charge is -2.39. The van der Waals surface area contributed by atoms with Gasteiger partial charge >= 0.3 is 0 Å². The Kier molecular flexibility index (Phi) is 5.41. The Morgan fingerprint density at radius 2 is 2.32 bits per heavy atom. The standard InChI is InChI=1S/C15H23N3S/c1-3-14-11-18(9-8-17(14)2)12-15-13(5-4-7-16)6-10-19-15/h6,10,14H,3,7-9,11-12,16H2,1-2H3. The number of nitrogens with two attached hydrogens (primary N) is 1. The molecule has 0 spiro atoms.